The van der Waals surface area contributed by atoms with E-state index in [-0.39, 0.29) is 12.5 Å². The Bertz CT molecular complexity index is 684. The first-order valence-electron chi connectivity index (χ1n) is 6.55. The number of primary amides is 1. The van der Waals surface area contributed by atoms with Crippen molar-refractivity contribution in [3.8, 4) is 5.75 Å². The van der Waals surface area contributed by atoms with Crippen LogP contribution in [0.3, 0.4) is 0 Å². The predicted octanol–water partition coefficient (Wildman–Crippen LogP) is 1.31. The van der Waals surface area contributed by atoms with Crippen molar-refractivity contribution in [3.63, 3.8) is 0 Å². The molecule has 0 heterocycles. The minimum Gasteiger partial charge on any atom is -0.483 e. The molecule has 0 aromatic heterocycles. The molecule has 0 bridgehead atoms. The van der Waals surface area contributed by atoms with Gasteiger partial charge < -0.3 is 10.5 Å². The maximum Gasteiger partial charge on any atom is 0.271 e. The molecular weight excluding hydrogens is 282 g/mol. The van der Waals surface area contributed by atoms with Crippen molar-refractivity contribution in [2.24, 2.45) is 10.8 Å². The van der Waals surface area contributed by atoms with Gasteiger partial charge in [-0.3, -0.25) is 9.59 Å². The number of benzene rings is 2. The van der Waals surface area contributed by atoms with Gasteiger partial charge in [-0.05, 0) is 24.3 Å². The summed E-state index contributed by atoms with van der Waals surface area (Å²) in [5.74, 6) is -0.421. The Labute approximate surface area is 127 Å². The SMILES string of the molecule is NC(=O)COc1ccccc1/C=N/NC(=O)c1ccccc1. The van der Waals surface area contributed by atoms with E-state index in [1.165, 1.54) is 6.21 Å². The summed E-state index contributed by atoms with van der Waals surface area (Å²) < 4.78 is 5.26. The van der Waals surface area contributed by atoms with Crippen molar-refractivity contribution >= 4 is 18.0 Å². The second-order valence-electron chi connectivity index (χ2n) is 4.36. The van der Waals surface area contributed by atoms with E-state index in [0.717, 1.165) is 0 Å². The number of nitrogens with zero attached hydrogens (tertiary/aromatic N) is 1. The first kappa shape index (κ1) is 15.2. The smallest absolute Gasteiger partial charge is 0.271 e. The number of hydrogen-bond acceptors (Lipinski definition) is 4. The lowest BCUT2D eigenvalue weighted by molar-refractivity contribution is -0.119. The molecule has 0 aliphatic carbocycles. The van der Waals surface area contributed by atoms with Crippen molar-refractivity contribution in [1.29, 1.82) is 0 Å². The average Bonchev–Trinajstić information content (AvgIpc) is 2.54. The van der Waals surface area contributed by atoms with Gasteiger partial charge in [0, 0.05) is 11.1 Å². The number of para-hydroxylation sites is 1. The summed E-state index contributed by atoms with van der Waals surface area (Å²) in [5.41, 5.74) is 8.60. The highest BCUT2D eigenvalue weighted by molar-refractivity contribution is 5.95. The molecule has 3 N–H and O–H groups in total. The zero-order chi connectivity index (χ0) is 15.8. The molecule has 0 radical (unpaired) electrons. The second-order valence-corrected chi connectivity index (χ2v) is 4.36. The van der Waals surface area contributed by atoms with Gasteiger partial charge in [-0.1, -0.05) is 30.3 Å². The van der Waals surface area contributed by atoms with Gasteiger partial charge in [0.15, 0.2) is 6.61 Å². The highest BCUT2D eigenvalue weighted by atomic mass is 16.5. The van der Waals surface area contributed by atoms with Crippen molar-refractivity contribution in [1.82, 2.24) is 5.43 Å². The standard InChI is InChI=1S/C16H15N3O3/c17-15(20)11-22-14-9-5-4-8-13(14)10-18-19-16(21)12-6-2-1-3-7-12/h1-10H,11H2,(H2,17,20)(H,19,21)/b18-10+. The largest absolute Gasteiger partial charge is 0.483 e. The van der Waals surface area contributed by atoms with Crippen LogP contribution in [-0.2, 0) is 4.79 Å². The maximum atomic E-state index is 11.8. The number of hydrazone groups is 1. The molecule has 2 aromatic rings. The zero-order valence-corrected chi connectivity index (χ0v) is 11.7. The lowest BCUT2D eigenvalue weighted by Gasteiger charge is -2.06. The Kier molecular flexibility index (Phi) is 5.25. The number of hydrogen-bond donors (Lipinski definition) is 2. The highest BCUT2D eigenvalue weighted by Crippen LogP contribution is 2.15. The van der Waals surface area contributed by atoms with E-state index in [2.05, 4.69) is 10.5 Å². The lowest BCUT2D eigenvalue weighted by atomic mass is 10.2. The Hall–Kier alpha value is -3.15. The Morgan fingerprint density at radius 2 is 1.77 bits per heavy atom. The average molecular weight is 297 g/mol. The van der Waals surface area contributed by atoms with Crippen LogP contribution in [0.2, 0.25) is 0 Å². The summed E-state index contributed by atoms with van der Waals surface area (Å²) in [5, 5.41) is 3.88. The second kappa shape index (κ2) is 7.58. The highest BCUT2D eigenvalue weighted by Gasteiger charge is 2.04. The normalized spacial score (nSPS) is 10.4. The van der Waals surface area contributed by atoms with Crippen molar-refractivity contribution in [2.75, 3.05) is 6.61 Å². The monoisotopic (exact) mass is 297 g/mol. The number of amides is 2. The van der Waals surface area contributed by atoms with E-state index in [1.807, 2.05) is 6.07 Å². The summed E-state index contributed by atoms with van der Waals surface area (Å²) in [6, 6.07) is 15.7. The van der Waals surface area contributed by atoms with Crippen LogP contribution in [0.5, 0.6) is 5.75 Å². The minimum absolute atomic E-state index is 0.221. The number of nitrogens with one attached hydrogen (secondary N) is 1. The molecule has 6 heteroatoms. The van der Waals surface area contributed by atoms with E-state index >= 15 is 0 Å². The van der Waals surface area contributed by atoms with E-state index in [9.17, 15) is 9.59 Å². The van der Waals surface area contributed by atoms with Crippen LogP contribution in [-0.4, -0.2) is 24.6 Å². The molecule has 112 valence electrons. The van der Waals surface area contributed by atoms with Crippen LogP contribution in [0.25, 0.3) is 0 Å². The fraction of sp³-hybridized carbons (Fsp3) is 0.0625. The molecule has 0 atom stereocenters. The van der Waals surface area contributed by atoms with E-state index in [0.29, 0.717) is 16.9 Å². The fourth-order valence-electron chi connectivity index (χ4n) is 1.68. The van der Waals surface area contributed by atoms with Crippen LogP contribution in [0.15, 0.2) is 59.7 Å². The fourth-order valence-corrected chi connectivity index (χ4v) is 1.68. The maximum absolute atomic E-state index is 11.8. The van der Waals surface area contributed by atoms with Gasteiger partial charge in [0.1, 0.15) is 5.75 Å². The summed E-state index contributed by atoms with van der Waals surface area (Å²) in [4.78, 5) is 22.6. The van der Waals surface area contributed by atoms with E-state index in [4.69, 9.17) is 10.5 Å². The molecule has 0 aliphatic heterocycles. The van der Waals surface area contributed by atoms with E-state index < -0.39 is 5.91 Å². The lowest BCUT2D eigenvalue weighted by Crippen LogP contribution is -2.20. The van der Waals surface area contributed by atoms with Crippen molar-refractivity contribution in [3.05, 3.63) is 65.7 Å². The van der Waals surface area contributed by atoms with Crippen LogP contribution < -0.4 is 15.9 Å². The van der Waals surface area contributed by atoms with Gasteiger partial charge in [0.05, 0.1) is 6.21 Å². The van der Waals surface area contributed by atoms with Gasteiger partial charge in [-0.15, -0.1) is 0 Å². The molecule has 0 aliphatic rings. The number of carbonyl (C=O) groups is 2. The molecule has 0 unspecified atom stereocenters. The first-order valence-corrected chi connectivity index (χ1v) is 6.55. The summed E-state index contributed by atoms with van der Waals surface area (Å²) >= 11 is 0. The van der Waals surface area contributed by atoms with Crippen LogP contribution in [0.1, 0.15) is 15.9 Å². The predicted molar refractivity (Wildman–Crippen MR) is 82.6 cm³/mol. The molecule has 0 spiro atoms. The minimum atomic E-state index is -0.566. The third-order valence-electron chi connectivity index (χ3n) is 2.69. The van der Waals surface area contributed by atoms with Gasteiger partial charge in [0.25, 0.3) is 11.8 Å². The Morgan fingerprint density at radius 3 is 2.50 bits per heavy atom. The van der Waals surface area contributed by atoms with Crippen molar-refractivity contribution < 1.29 is 14.3 Å². The number of ether oxygens (including phenoxy) is 1. The summed E-state index contributed by atoms with van der Waals surface area (Å²) in [7, 11) is 0. The number of rotatable bonds is 6. The quantitative estimate of drug-likeness (QED) is 0.622. The van der Waals surface area contributed by atoms with E-state index in [1.54, 1.807) is 48.5 Å². The molecule has 2 rings (SSSR count). The molecule has 2 amide bonds. The summed E-state index contributed by atoms with van der Waals surface area (Å²) in [6.45, 7) is -0.221. The Balaban J connectivity index is 2.01. The summed E-state index contributed by atoms with van der Waals surface area (Å²) in [6.07, 6.45) is 1.44. The number of carbonyl (C=O) groups excluding carboxylic acids is 2. The van der Waals surface area contributed by atoms with Crippen LogP contribution in [0.4, 0.5) is 0 Å². The van der Waals surface area contributed by atoms with Crippen molar-refractivity contribution in [2.45, 2.75) is 0 Å². The topological polar surface area (TPSA) is 93.8 Å². The van der Waals surface area contributed by atoms with Crippen LogP contribution >= 0.6 is 0 Å². The van der Waals surface area contributed by atoms with Gasteiger partial charge in [0.2, 0.25) is 0 Å². The zero-order valence-electron chi connectivity index (χ0n) is 11.7. The molecule has 0 fully saturated rings. The number of nitrogens with two attached hydrogens (primary N) is 1. The third kappa shape index (κ3) is 4.45. The van der Waals surface area contributed by atoms with Crippen LogP contribution in [0, 0.1) is 0 Å². The molecule has 22 heavy (non-hydrogen) atoms. The molecular formula is C16H15N3O3. The van der Waals surface area contributed by atoms with Gasteiger partial charge in [-0.2, -0.15) is 5.10 Å². The molecule has 2 aromatic carbocycles. The van der Waals surface area contributed by atoms with Gasteiger partial charge in [-0.25, -0.2) is 5.43 Å². The molecule has 0 saturated heterocycles. The first-order chi connectivity index (χ1) is 10.7. The molecule has 0 saturated carbocycles. The third-order valence-corrected chi connectivity index (χ3v) is 2.69. The van der Waals surface area contributed by atoms with Gasteiger partial charge >= 0.3 is 0 Å². The Morgan fingerprint density at radius 1 is 1.09 bits per heavy atom. The molecule has 6 nitrogen and oxygen atoms in total.